The van der Waals surface area contributed by atoms with Crippen molar-refractivity contribution in [2.24, 2.45) is 0 Å². The standard InChI is InChI=1S/C17H19FN2O/c1-13(2)17-19-8-9-20(17)12-15-6-7-16(18)11-14(15)5-3-4-10-21/h6-9,11,13,21H,4,10,12H2,1-2H3. The first-order valence-corrected chi connectivity index (χ1v) is 7.01. The highest BCUT2D eigenvalue weighted by Crippen LogP contribution is 2.17. The van der Waals surface area contributed by atoms with Crippen molar-refractivity contribution >= 4 is 0 Å². The molecule has 0 bridgehead atoms. The summed E-state index contributed by atoms with van der Waals surface area (Å²) in [5.41, 5.74) is 1.61. The molecule has 0 fully saturated rings. The van der Waals surface area contributed by atoms with Crippen molar-refractivity contribution < 1.29 is 9.50 Å². The van der Waals surface area contributed by atoms with Crippen LogP contribution in [-0.4, -0.2) is 21.3 Å². The lowest BCUT2D eigenvalue weighted by atomic mass is 10.1. The number of aliphatic hydroxyl groups excluding tert-OH is 1. The molecule has 1 N–H and O–H groups in total. The first kappa shape index (κ1) is 15.3. The predicted octanol–water partition coefficient (Wildman–Crippen LogP) is 2.93. The summed E-state index contributed by atoms with van der Waals surface area (Å²) >= 11 is 0. The third-order valence-corrected chi connectivity index (χ3v) is 3.14. The number of hydrogen-bond acceptors (Lipinski definition) is 2. The SMILES string of the molecule is CC(C)c1nccn1Cc1ccc(F)cc1C#CCCO. The highest BCUT2D eigenvalue weighted by Gasteiger charge is 2.09. The van der Waals surface area contributed by atoms with Crippen LogP contribution in [0.3, 0.4) is 0 Å². The van der Waals surface area contributed by atoms with Crippen LogP contribution < -0.4 is 0 Å². The maximum absolute atomic E-state index is 13.4. The molecule has 4 heteroatoms. The van der Waals surface area contributed by atoms with Gasteiger partial charge in [-0.15, -0.1) is 0 Å². The minimum atomic E-state index is -0.304. The Bertz CT molecular complexity index is 665. The Hall–Kier alpha value is -2.12. The molecule has 1 heterocycles. The van der Waals surface area contributed by atoms with Gasteiger partial charge in [0.2, 0.25) is 0 Å². The zero-order valence-electron chi connectivity index (χ0n) is 12.3. The quantitative estimate of drug-likeness (QED) is 0.878. The van der Waals surface area contributed by atoms with Gasteiger partial charge in [0, 0.05) is 36.8 Å². The summed E-state index contributed by atoms with van der Waals surface area (Å²) in [6.07, 6.45) is 4.08. The van der Waals surface area contributed by atoms with Gasteiger partial charge in [0.25, 0.3) is 0 Å². The smallest absolute Gasteiger partial charge is 0.124 e. The molecular formula is C17H19FN2O. The number of nitrogens with zero attached hydrogens (tertiary/aromatic N) is 2. The van der Waals surface area contributed by atoms with E-state index in [9.17, 15) is 4.39 Å². The highest BCUT2D eigenvalue weighted by atomic mass is 19.1. The van der Waals surface area contributed by atoms with Gasteiger partial charge < -0.3 is 9.67 Å². The van der Waals surface area contributed by atoms with Crippen molar-refractivity contribution in [1.29, 1.82) is 0 Å². The Labute approximate surface area is 124 Å². The van der Waals surface area contributed by atoms with Gasteiger partial charge in [-0.1, -0.05) is 31.8 Å². The van der Waals surface area contributed by atoms with Gasteiger partial charge in [-0.05, 0) is 17.7 Å². The van der Waals surface area contributed by atoms with Gasteiger partial charge in [0.05, 0.1) is 6.61 Å². The summed E-state index contributed by atoms with van der Waals surface area (Å²) in [4.78, 5) is 4.35. The minimum Gasteiger partial charge on any atom is -0.395 e. The second-order valence-electron chi connectivity index (χ2n) is 5.14. The number of imidazole rings is 1. The van der Waals surface area contributed by atoms with Crippen molar-refractivity contribution in [3.8, 4) is 11.8 Å². The largest absolute Gasteiger partial charge is 0.395 e. The zero-order valence-corrected chi connectivity index (χ0v) is 12.3. The van der Waals surface area contributed by atoms with Crippen LogP contribution in [0.25, 0.3) is 0 Å². The Balaban J connectivity index is 2.31. The maximum atomic E-state index is 13.4. The highest BCUT2D eigenvalue weighted by molar-refractivity contribution is 5.42. The monoisotopic (exact) mass is 286 g/mol. The third-order valence-electron chi connectivity index (χ3n) is 3.14. The number of aromatic nitrogens is 2. The topological polar surface area (TPSA) is 38.0 Å². The summed E-state index contributed by atoms with van der Waals surface area (Å²) in [6, 6.07) is 4.63. The molecule has 0 unspecified atom stereocenters. The van der Waals surface area contributed by atoms with E-state index in [1.165, 1.54) is 12.1 Å². The molecule has 3 nitrogen and oxygen atoms in total. The van der Waals surface area contributed by atoms with Crippen molar-refractivity contribution in [1.82, 2.24) is 9.55 Å². The molecule has 0 radical (unpaired) electrons. The van der Waals surface area contributed by atoms with Crippen molar-refractivity contribution in [2.45, 2.75) is 32.7 Å². The second-order valence-corrected chi connectivity index (χ2v) is 5.14. The molecule has 0 saturated heterocycles. The van der Waals surface area contributed by atoms with E-state index in [4.69, 9.17) is 5.11 Å². The molecule has 110 valence electrons. The van der Waals surface area contributed by atoms with Crippen LogP contribution in [0, 0.1) is 17.7 Å². The molecule has 0 aliphatic heterocycles. The first-order valence-electron chi connectivity index (χ1n) is 7.01. The molecule has 0 aliphatic rings. The fourth-order valence-corrected chi connectivity index (χ4v) is 2.16. The van der Waals surface area contributed by atoms with Crippen LogP contribution in [0.15, 0.2) is 30.6 Å². The summed E-state index contributed by atoms with van der Waals surface area (Å²) < 4.78 is 15.5. The van der Waals surface area contributed by atoms with Crippen LogP contribution in [0.4, 0.5) is 4.39 Å². The lowest BCUT2D eigenvalue weighted by Crippen LogP contribution is -2.07. The van der Waals surface area contributed by atoms with Crippen LogP contribution >= 0.6 is 0 Å². The van der Waals surface area contributed by atoms with Crippen LogP contribution in [0.5, 0.6) is 0 Å². The van der Waals surface area contributed by atoms with Crippen LogP contribution in [-0.2, 0) is 6.54 Å². The normalized spacial score (nSPS) is 10.5. The maximum Gasteiger partial charge on any atom is 0.124 e. The van der Waals surface area contributed by atoms with E-state index in [0.717, 1.165) is 11.4 Å². The Morgan fingerprint density at radius 3 is 2.90 bits per heavy atom. The first-order chi connectivity index (χ1) is 10.1. The lowest BCUT2D eigenvalue weighted by molar-refractivity contribution is 0.305. The number of aliphatic hydroxyl groups is 1. The molecule has 0 spiro atoms. The summed E-state index contributed by atoms with van der Waals surface area (Å²) in [5, 5.41) is 8.78. The molecule has 0 atom stereocenters. The van der Waals surface area contributed by atoms with Gasteiger partial charge in [0.1, 0.15) is 11.6 Å². The molecule has 0 aliphatic carbocycles. The molecule has 0 saturated carbocycles. The molecule has 1 aromatic carbocycles. The average molecular weight is 286 g/mol. The molecule has 2 aromatic rings. The van der Waals surface area contributed by atoms with Crippen molar-refractivity contribution in [3.63, 3.8) is 0 Å². The zero-order chi connectivity index (χ0) is 15.2. The van der Waals surface area contributed by atoms with E-state index in [-0.39, 0.29) is 12.4 Å². The Kier molecular flexibility index (Phi) is 5.13. The van der Waals surface area contributed by atoms with Crippen LogP contribution in [0.1, 0.15) is 43.1 Å². The Morgan fingerprint density at radius 1 is 1.38 bits per heavy atom. The van der Waals surface area contributed by atoms with E-state index in [1.54, 1.807) is 12.3 Å². The summed E-state index contributed by atoms with van der Waals surface area (Å²) in [7, 11) is 0. The van der Waals surface area contributed by atoms with Gasteiger partial charge in [-0.25, -0.2) is 9.37 Å². The lowest BCUT2D eigenvalue weighted by Gasteiger charge is -2.11. The van der Waals surface area contributed by atoms with Gasteiger partial charge in [-0.3, -0.25) is 0 Å². The molecule has 21 heavy (non-hydrogen) atoms. The molecule has 2 rings (SSSR count). The number of hydrogen-bond donors (Lipinski definition) is 1. The number of rotatable bonds is 4. The van der Waals surface area contributed by atoms with Gasteiger partial charge >= 0.3 is 0 Å². The number of halogens is 1. The van der Waals surface area contributed by atoms with Gasteiger partial charge in [-0.2, -0.15) is 0 Å². The fourth-order valence-electron chi connectivity index (χ4n) is 2.16. The average Bonchev–Trinajstić information content (AvgIpc) is 2.90. The third kappa shape index (κ3) is 3.93. The second kappa shape index (κ2) is 7.05. The van der Waals surface area contributed by atoms with E-state index in [0.29, 0.717) is 24.4 Å². The number of benzene rings is 1. The molecule has 0 amide bonds. The van der Waals surface area contributed by atoms with Crippen LogP contribution in [0.2, 0.25) is 0 Å². The summed E-state index contributed by atoms with van der Waals surface area (Å²) in [6.45, 7) is 4.80. The van der Waals surface area contributed by atoms with E-state index < -0.39 is 0 Å². The Morgan fingerprint density at radius 2 is 2.19 bits per heavy atom. The molecular weight excluding hydrogens is 267 g/mol. The molecule has 1 aromatic heterocycles. The van der Waals surface area contributed by atoms with E-state index in [2.05, 4.69) is 35.2 Å². The van der Waals surface area contributed by atoms with Crippen molar-refractivity contribution in [3.05, 3.63) is 53.4 Å². The predicted molar refractivity (Wildman–Crippen MR) is 80.4 cm³/mol. The van der Waals surface area contributed by atoms with Gasteiger partial charge in [0.15, 0.2) is 0 Å². The summed E-state index contributed by atoms with van der Waals surface area (Å²) in [5.74, 6) is 6.79. The van der Waals surface area contributed by atoms with Crippen molar-refractivity contribution in [2.75, 3.05) is 6.61 Å². The fraction of sp³-hybridized carbons (Fsp3) is 0.353. The van der Waals surface area contributed by atoms with E-state index in [1.807, 2.05) is 6.20 Å². The van der Waals surface area contributed by atoms with E-state index >= 15 is 0 Å². The minimum absolute atomic E-state index is 0.0106.